The van der Waals surface area contributed by atoms with Crippen molar-refractivity contribution in [1.82, 2.24) is 9.78 Å². The quantitative estimate of drug-likeness (QED) is 0.782. The Morgan fingerprint density at radius 3 is 2.87 bits per heavy atom. The van der Waals surface area contributed by atoms with Gasteiger partial charge >= 0.3 is 0 Å². The molecule has 0 saturated heterocycles. The Morgan fingerprint density at radius 1 is 1.73 bits per heavy atom. The third kappa shape index (κ3) is 1.48. The smallest absolute Gasteiger partial charge is 0.245 e. The topological polar surface area (TPSA) is 70.7 Å². The van der Waals surface area contributed by atoms with Gasteiger partial charge in [-0.1, -0.05) is 0 Å². The summed E-state index contributed by atoms with van der Waals surface area (Å²) < 4.78 is 1.57. The predicted octanol–water partition coefficient (Wildman–Crippen LogP) is 1.05. The fraction of sp³-hybridized carbons (Fsp3) is 0.500. The van der Waals surface area contributed by atoms with Crippen LogP contribution in [0.4, 0.5) is 5.82 Å². The van der Waals surface area contributed by atoms with Gasteiger partial charge in [-0.2, -0.15) is 10.4 Å². The van der Waals surface area contributed by atoms with Crippen molar-refractivity contribution >= 4 is 11.7 Å². The first-order valence-corrected chi connectivity index (χ1v) is 4.89. The first-order valence-electron chi connectivity index (χ1n) is 4.89. The lowest BCUT2D eigenvalue weighted by Crippen LogP contribution is -2.41. The number of anilines is 1. The van der Waals surface area contributed by atoms with Gasteiger partial charge in [-0.05, 0) is 19.3 Å². The number of hydrogen-bond donors (Lipinski definition) is 1. The Morgan fingerprint density at radius 2 is 2.47 bits per heavy atom. The minimum absolute atomic E-state index is 0.208. The van der Waals surface area contributed by atoms with E-state index in [0.717, 1.165) is 6.42 Å². The van der Waals surface area contributed by atoms with Gasteiger partial charge in [0.25, 0.3) is 0 Å². The Kier molecular flexibility index (Phi) is 2.19. The van der Waals surface area contributed by atoms with Crippen molar-refractivity contribution in [3.63, 3.8) is 0 Å². The molecule has 1 aliphatic rings. The van der Waals surface area contributed by atoms with Gasteiger partial charge in [-0.15, -0.1) is 0 Å². The molecule has 15 heavy (non-hydrogen) atoms. The Hall–Kier alpha value is -1.83. The van der Waals surface area contributed by atoms with Crippen LogP contribution in [0.1, 0.15) is 19.3 Å². The molecule has 1 aromatic heterocycles. The highest BCUT2D eigenvalue weighted by atomic mass is 16.2. The molecule has 0 aromatic carbocycles. The zero-order valence-corrected chi connectivity index (χ0v) is 8.53. The second kappa shape index (κ2) is 3.39. The van der Waals surface area contributed by atoms with Crippen LogP contribution in [-0.2, 0) is 11.8 Å². The van der Waals surface area contributed by atoms with E-state index < -0.39 is 5.41 Å². The van der Waals surface area contributed by atoms with E-state index in [1.165, 1.54) is 0 Å². The maximum absolute atomic E-state index is 11.8. The molecular weight excluding hydrogens is 192 g/mol. The van der Waals surface area contributed by atoms with Gasteiger partial charge in [-0.25, -0.2) is 0 Å². The number of carbonyl (C=O) groups is 1. The van der Waals surface area contributed by atoms with Gasteiger partial charge in [0.2, 0.25) is 5.91 Å². The SMILES string of the molecule is Cn1nccc1NC(=O)C1(C#N)CCC1. The maximum Gasteiger partial charge on any atom is 0.245 e. The summed E-state index contributed by atoms with van der Waals surface area (Å²) in [7, 11) is 1.75. The van der Waals surface area contributed by atoms with Crippen molar-refractivity contribution in [1.29, 1.82) is 5.26 Å². The van der Waals surface area contributed by atoms with Crippen LogP contribution < -0.4 is 5.32 Å². The maximum atomic E-state index is 11.8. The van der Waals surface area contributed by atoms with Crippen molar-refractivity contribution < 1.29 is 4.79 Å². The molecule has 0 spiro atoms. The molecule has 1 aromatic rings. The van der Waals surface area contributed by atoms with Crippen molar-refractivity contribution in [2.75, 3.05) is 5.32 Å². The number of nitrogens with zero attached hydrogens (tertiary/aromatic N) is 3. The summed E-state index contributed by atoms with van der Waals surface area (Å²) in [6, 6.07) is 3.81. The molecule has 5 heteroatoms. The Balaban J connectivity index is 2.11. The molecule has 1 fully saturated rings. The molecule has 1 saturated carbocycles. The van der Waals surface area contributed by atoms with Crippen LogP contribution in [0.3, 0.4) is 0 Å². The van der Waals surface area contributed by atoms with Crippen LogP contribution >= 0.6 is 0 Å². The lowest BCUT2D eigenvalue weighted by molar-refractivity contribution is -0.126. The molecule has 0 radical (unpaired) electrons. The number of hydrogen-bond acceptors (Lipinski definition) is 3. The van der Waals surface area contributed by atoms with Crippen LogP contribution in [0.15, 0.2) is 12.3 Å². The monoisotopic (exact) mass is 204 g/mol. The van der Waals surface area contributed by atoms with Gasteiger partial charge in [0.1, 0.15) is 11.2 Å². The third-order valence-corrected chi connectivity index (χ3v) is 2.92. The Labute approximate surface area is 87.7 Å². The minimum atomic E-state index is -0.801. The van der Waals surface area contributed by atoms with Gasteiger partial charge in [-0.3, -0.25) is 9.48 Å². The second-order valence-corrected chi connectivity index (χ2v) is 3.84. The zero-order chi connectivity index (χ0) is 10.9. The van der Waals surface area contributed by atoms with Crippen molar-refractivity contribution in [2.45, 2.75) is 19.3 Å². The van der Waals surface area contributed by atoms with E-state index in [2.05, 4.69) is 16.5 Å². The number of aryl methyl sites for hydroxylation is 1. The number of nitrogens with one attached hydrogen (secondary N) is 1. The largest absolute Gasteiger partial charge is 0.310 e. The fourth-order valence-electron chi connectivity index (χ4n) is 1.65. The van der Waals surface area contributed by atoms with E-state index in [-0.39, 0.29) is 5.91 Å². The van der Waals surface area contributed by atoms with Crippen molar-refractivity contribution in [2.24, 2.45) is 12.5 Å². The van der Waals surface area contributed by atoms with Crippen LogP contribution in [0, 0.1) is 16.7 Å². The number of aromatic nitrogens is 2. The standard InChI is InChI=1S/C10H12N4O/c1-14-8(3-6-12-14)13-9(15)10(7-11)4-2-5-10/h3,6H,2,4-5H2,1H3,(H,13,15). The minimum Gasteiger partial charge on any atom is -0.310 e. The van der Waals surface area contributed by atoms with Crippen LogP contribution in [0.5, 0.6) is 0 Å². The summed E-state index contributed by atoms with van der Waals surface area (Å²) >= 11 is 0. The molecule has 1 aliphatic carbocycles. The highest BCUT2D eigenvalue weighted by Crippen LogP contribution is 2.41. The van der Waals surface area contributed by atoms with E-state index >= 15 is 0 Å². The third-order valence-electron chi connectivity index (χ3n) is 2.92. The lowest BCUT2D eigenvalue weighted by atomic mass is 9.69. The van der Waals surface area contributed by atoms with Crippen molar-refractivity contribution in [3.8, 4) is 6.07 Å². The average molecular weight is 204 g/mol. The number of amides is 1. The zero-order valence-electron chi connectivity index (χ0n) is 8.53. The number of nitriles is 1. The lowest BCUT2D eigenvalue weighted by Gasteiger charge is -2.33. The van der Waals surface area contributed by atoms with Gasteiger partial charge in [0.15, 0.2) is 0 Å². The van der Waals surface area contributed by atoms with E-state index in [9.17, 15) is 4.79 Å². The van der Waals surface area contributed by atoms with Gasteiger partial charge in [0, 0.05) is 13.1 Å². The molecular formula is C10H12N4O. The van der Waals surface area contributed by atoms with Crippen LogP contribution in [-0.4, -0.2) is 15.7 Å². The molecule has 1 heterocycles. The van der Waals surface area contributed by atoms with E-state index in [1.807, 2.05) is 0 Å². The fourth-order valence-corrected chi connectivity index (χ4v) is 1.65. The van der Waals surface area contributed by atoms with Gasteiger partial charge in [0.05, 0.1) is 12.3 Å². The molecule has 0 atom stereocenters. The molecule has 2 rings (SSSR count). The first kappa shape index (κ1) is 9.71. The molecule has 0 aliphatic heterocycles. The summed E-state index contributed by atoms with van der Waals surface area (Å²) in [4.78, 5) is 11.8. The predicted molar refractivity (Wildman–Crippen MR) is 53.7 cm³/mol. The Bertz CT molecular complexity index is 425. The average Bonchev–Trinajstić information content (AvgIpc) is 2.51. The second-order valence-electron chi connectivity index (χ2n) is 3.84. The van der Waals surface area contributed by atoms with Crippen LogP contribution in [0.2, 0.25) is 0 Å². The molecule has 0 unspecified atom stereocenters. The van der Waals surface area contributed by atoms with Gasteiger partial charge < -0.3 is 5.32 Å². The van der Waals surface area contributed by atoms with Crippen molar-refractivity contribution in [3.05, 3.63) is 12.3 Å². The van der Waals surface area contributed by atoms with E-state index in [4.69, 9.17) is 5.26 Å². The molecule has 5 nitrogen and oxygen atoms in total. The molecule has 1 N–H and O–H groups in total. The highest BCUT2D eigenvalue weighted by Gasteiger charge is 2.44. The molecule has 78 valence electrons. The van der Waals surface area contributed by atoms with E-state index in [1.54, 1.807) is 24.0 Å². The number of rotatable bonds is 2. The molecule has 0 bridgehead atoms. The van der Waals surface area contributed by atoms with Crippen LogP contribution in [0.25, 0.3) is 0 Å². The summed E-state index contributed by atoms with van der Waals surface area (Å²) in [5.41, 5.74) is -0.801. The summed E-state index contributed by atoms with van der Waals surface area (Å²) in [5.74, 6) is 0.418. The molecule has 1 amide bonds. The van der Waals surface area contributed by atoms with E-state index in [0.29, 0.717) is 18.7 Å². The summed E-state index contributed by atoms with van der Waals surface area (Å²) in [6.07, 6.45) is 3.88. The highest BCUT2D eigenvalue weighted by molar-refractivity contribution is 5.97. The number of carbonyl (C=O) groups excluding carboxylic acids is 1. The normalized spacial score (nSPS) is 17.6. The summed E-state index contributed by atoms with van der Waals surface area (Å²) in [5, 5.41) is 15.6. The summed E-state index contributed by atoms with van der Waals surface area (Å²) in [6.45, 7) is 0. The first-order chi connectivity index (χ1) is 7.18.